The fourth-order valence-electron chi connectivity index (χ4n) is 7.44. The Labute approximate surface area is 158 Å². The highest BCUT2D eigenvalue weighted by Gasteiger charge is 2.67. The van der Waals surface area contributed by atoms with Crippen LogP contribution in [0, 0.1) is 23.2 Å². The average Bonchev–Trinajstić information content (AvgIpc) is 3.21. The molecule has 4 heteroatoms. The van der Waals surface area contributed by atoms with Crippen molar-refractivity contribution in [2.24, 2.45) is 23.2 Å². The zero-order valence-electron chi connectivity index (χ0n) is 17.0. The van der Waals surface area contributed by atoms with E-state index in [2.05, 4.69) is 27.7 Å². The van der Waals surface area contributed by atoms with Gasteiger partial charge in [0, 0.05) is 24.4 Å². The molecule has 0 aromatic rings. The lowest BCUT2D eigenvalue weighted by Crippen LogP contribution is -2.65. The maximum Gasteiger partial charge on any atom is 0.163 e. The van der Waals surface area contributed by atoms with E-state index in [1.807, 2.05) is 0 Å². The molecule has 0 amide bonds. The van der Waals surface area contributed by atoms with E-state index in [0.717, 1.165) is 32.7 Å². The fraction of sp³-hybridized carbons (Fsp3) is 1.00. The van der Waals surface area contributed by atoms with Crippen molar-refractivity contribution in [1.82, 2.24) is 0 Å². The molecule has 5 rings (SSSR count). The largest absolute Gasteiger partial charge is 0.378 e. The lowest BCUT2D eigenvalue weighted by atomic mass is 9.47. The highest BCUT2D eigenvalue weighted by Crippen LogP contribution is 2.66. The van der Waals surface area contributed by atoms with Gasteiger partial charge in [0.1, 0.15) is 0 Å². The molecule has 26 heavy (non-hydrogen) atoms. The molecule has 0 N–H and O–H groups in total. The zero-order chi connectivity index (χ0) is 18.2. The van der Waals surface area contributed by atoms with E-state index >= 15 is 0 Å². The molecule has 0 aromatic heterocycles. The lowest BCUT2D eigenvalue weighted by molar-refractivity contribution is -0.331. The SMILES string of the molecule is CC1CCC2C3COC(C)(C)OC3CCC2(C)C12CCC1(CCOC1)O2. The second-order valence-electron chi connectivity index (χ2n) is 10.5. The summed E-state index contributed by atoms with van der Waals surface area (Å²) in [6.45, 7) is 11.6. The Hall–Kier alpha value is -0.160. The van der Waals surface area contributed by atoms with Crippen molar-refractivity contribution in [2.75, 3.05) is 19.8 Å². The Kier molecular flexibility index (Phi) is 3.91. The van der Waals surface area contributed by atoms with Gasteiger partial charge in [-0.3, -0.25) is 0 Å². The number of rotatable bonds is 0. The molecule has 2 aliphatic carbocycles. The zero-order valence-corrected chi connectivity index (χ0v) is 17.0. The molecule has 2 spiro atoms. The van der Waals surface area contributed by atoms with Gasteiger partial charge in [-0.2, -0.15) is 0 Å². The summed E-state index contributed by atoms with van der Waals surface area (Å²) in [6.07, 6.45) is 8.73. The van der Waals surface area contributed by atoms with E-state index in [-0.39, 0.29) is 16.6 Å². The standard InChI is InChI=1S/C22H36O4/c1-15-5-6-17-16-13-24-19(2,3)25-18(16)7-8-20(17,4)22(15)10-9-21(26-22)11-12-23-14-21/h15-18H,5-14H2,1-4H3. The molecule has 7 atom stereocenters. The van der Waals surface area contributed by atoms with E-state index in [0.29, 0.717) is 23.9 Å². The Bertz CT molecular complexity index is 568. The second kappa shape index (κ2) is 5.68. The van der Waals surface area contributed by atoms with Crippen molar-refractivity contribution >= 4 is 0 Å². The normalized spacial score (nSPS) is 55.8. The monoisotopic (exact) mass is 364 g/mol. The van der Waals surface area contributed by atoms with Crippen molar-refractivity contribution in [3.63, 3.8) is 0 Å². The van der Waals surface area contributed by atoms with Crippen LogP contribution in [-0.4, -0.2) is 42.9 Å². The highest BCUT2D eigenvalue weighted by molar-refractivity contribution is 5.16. The van der Waals surface area contributed by atoms with Crippen molar-refractivity contribution < 1.29 is 18.9 Å². The molecule has 3 aliphatic heterocycles. The predicted octanol–water partition coefficient (Wildman–Crippen LogP) is 4.31. The van der Waals surface area contributed by atoms with Gasteiger partial charge < -0.3 is 18.9 Å². The molecule has 5 fully saturated rings. The molecule has 3 heterocycles. The second-order valence-corrected chi connectivity index (χ2v) is 10.5. The minimum Gasteiger partial charge on any atom is -0.378 e. The summed E-state index contributed by atoms with van der Waals surface area (Å²) in [4.78, 5) is 0. The van der Waals surface area contributed by atoms with E-state index in [1.54, 1.807) is 0 Å². The van der Waals surface area contributed by atoms with Gasteiger partial charge in [0.15, 0.2) is 5.79 Å². The van der Waals surface area contributed by atoms with Crippen LogP contribution in [0.4, 0.5) is 0 Å². The van der Waals surface area contributed by atoms with Crippen LogP contribution in [0.3, 0.4) is 0 Å². The van der Waals surface area contributed by atoms with Crippen LogP contribution >= 0.6 is 0 Å². The molecule has 2 saturated carbocycles. The predicted molar refractivity (Wildman–Crippen MR) is 98.8 cm³/mol. The number of ether oxygens (including phenoxy) is 4. The Balaban J connectivity index is 1.47. The van der Waals surface area contributed by atoms with Crippen molar-refractivity contribution in [2.45, 2.75) is 95.7 Å². The number of hydrogen-bond donors (Lipinski definition) is 0. The van der Waals surface area contributed by atoms with Crippen LogP contribution in [0.1, 0.15) is 72.6 Å². The van der Waals surface area contributed by atoms with Gasteiger partial charge in [-0.05, 0) is 64.2 Å². The number of fused-ring (bicyclic) bond motifs is 4. The quantitative estimate of drug-likeness (QED) is 0.642. The first-order valence-corrected chi connectivity index (χ1v) is 10.9. The van der Waals surface area contributed by atoms with Gasteiger partial charge in [-0.1, -0.05) is 13.8 Å². The summed E-state index contributed by atoms with van der Waals surface area (Å²) in [5.74, 6) is 1.36. The third-order valence-corrected chi connectivity index (χ3v) is 8.91. The van der Waals surface area contributed by atoms with Crippen LogP contribution in [0.2, 0.25) is 0 Å². The lowest BCUT2D eigenvalue weighted by Gasteiger charge is -2.63. The van der Waals surface area contributed by atoms with Crippen molar-refractivity contribution in [1.29, 1.82) is 0 Å². The molecular formula is C22H36O4. The van der Waals surface area contributed by atoms with E-state index in [4.69, 9.17) is 18.9 Å². The summed E-state index contributed by atoms with van der Waals surface area (Å²) in [5, 5.41) is 0. The highest BCUT2D eigenvalue weighted by atomic mass is 16.7. The summed E-state index contributed by atoms with van der Waals surface area (Å²) >= 11 is 0. The fourth-order valence-corrected chi connectivity index (χ4v) is 7.44. The Morgan fingerprint density at radius 3 is 2.54 bits per heavy atom. The summed E-state index contributed by atoms with van der Waals surface area (Å²) in [5.41, 5.74) is 0.241. The van der Waals surface area contributed by atoms with Crippen molar-refractivity contribution in [3.05, 3.63) is 0 Å². The first-order valence-electron chi connectivity index (χ1n) is 10.9. The molecule has 4 nitrogen and oxygen atoms in total. The maximum atomic E-state index is 7.14. The number of hydrogen-bond acceptors (Lipinski definition) is 4. The molecule has 0 radical (unpaired) electrons. The van der Waals surface area contributed by atoms with Gasteiger partial charge in [-0.15, -0.1) is 0 Å². The molecule has 5 aliphatic rings. The molecular weight excluding hydrogens is 328 g/mol. The van der Waals surface area contributed by atoms with E-state index in [9.17, 15) is 0 Å². The summed E-state index contributed by atoms with van der Waals surface area (Å²) in [7, 11) is 0. The van der Waals surface area contributed by atoms with Gasteiger partial charge >= 0.3 is 0 Å². The van der Waals surface area contributed by atoms with Crippen LogP contribution in [0.25, 0.3) is 0 Å². The smallest absolute Gasteiger partial charge is 0.163 e. The van der Waals surface area contributed by atoms with Gasteiger partial charge in [0.05, 0.1) is 30.5 Å². The average molecular weight is 365 g/mol. The molecule has 148 valence electrons. The van der Waals surface area contributed by atoms with Crippen molar-refractivity contribution in [3.8, 4) is 0 Å². The van der Waals surface area contributed by atoms with Gasteiger partial charge in [0.25, 0.3) is 0 Å². The third-order valence-electron chi connectivity index (χ3n) is 8.91. The molecule has 7 unspecified atom stereocenters. The minimum atomic E-state index is -0.427. The molecule has 0 bridgehead atoms. The van der Waals surface area contributed by atoms with Crippen LogP contribution in [-0.2, 0) is 18.9 Å². The third kappa shape index (κ3) is 2.34. The van der Waals surface area contributed by atoms with Gasteiger partial charge in [0.2, 0.25) is 0 Å². The topological polar surface area (TPSA) is 36.9 Å². The minimum absolute atomic E-state index is 0.00242. The first-order chi connectivity index (χ1) is 12.3. The first kappa shape index (κ1) is 17.9. The summed E-state index contributed by atoms with van der Waals surface area (Å²) in [6, 6.07) is 0. The molecule has 3 saturated heterocycles. The maximum absolute atomic E-state index is 7.14. The van der Waals surface area contributed by atoms with Crippen LogP contribution in [0.5, 0.6) is 0 Å². The van der Waals surface area contributed by atoms with E-state index in [1.165, 1.54) is 32.1 Å². The van der Waals surface area contributed by atoms with Crippen LogP contribution in [0.15, 0.2) is 0 Å². The Morgan fingerprint density at radius 2 is 1.77 bits per heavy atom. The summed E-state index contributed by atoms with van der Waals surface area (Å²) < 4.78 is 25.4. The van der Waals surface area contributed by atoms with Crippen LogP contribution < -0.4 is 0 Å². The van der Waals surface area contributed by atoms with Gasteiger partial charge in [-0.25, -0.2) is 0 Å². The van der Waals surface area contributed by atoms with E-state index < -0.39 is 5.79 Å². The molecule has 0 aromatic carbocycles. The Morgan fingerprint density at radius 1 is 0.923 bits per heavy atom.